The fourth-order valence-corrected chi connectivity index (χ4v) is 4.53. The Morgan fingerprint density at radius 3 is 2.75 bits per heavy atom. The molecule has 0 aliphatic carbocycles. The van der Waals surface area contributed by atoms with Crippen LogP contribution < -0.4 is 10.6 Å². The molecule has 2 aromatic rings. The number of amides is 2. The third-order valence-electron chi connectivity index (χ3n) is 3.91. The van der Waals surface area contributed by atoms with Gasteiger partial charge in [0.1, 0.15) is 5.82 Å². The van der Waals surface area contributed by atoms with E-state index in [0.29, 0.717) is 18.5 Å². The van der Waals surface area contributed by atoms with Crippen LogP contribution in [0.2, 0.25) is 0 Å². The molecule has 24 heavy (non-hydrogen) atoms. The van der Waals surface area contributed by atoms with Crippen molar-refractivity contribution < 1.29 is 17.6 Å². The van der Waals surface area contributed by atoms with Gasteiger partial charge in [0.05, 0.1) is 16.7 Å². The van der Waals surface area contributed by atoms with Gasteiger partial charge in [0, 0.05) is 6.54 Å². The van der Waals surface area contributed by atoms with Gasteiger partial charge in [-0.25, -0.2) is 17.6 Å². The summed E-state index contributed by atoms with van der Waals surface area (Å²) in [5.41, 5.74) is 1.39. The number of halogens is 1. The molecule has 0 unspecified atom stereocenters. The summed E-state index contributed by atoms with van der Waals surface area (Å²) < 4.78 is 37.2. The Labute approximate surface area is 139 Å². The second-order valence-corrected chi connectivity index (χ2v) is 7.65. The fourth-order valence-electron chi connectivity index (χ4n) is 2.79. The molecule has 0 radical (unpaired) electrons. The molecule has 0 saturated heterocycles. The topological polar surface area (TPSA) is 75.3 Å². The first-order chi connectivity index (χ1) is 11.5. The van der Waals surface area contributed by atoms with Gasteiger partial charge in [-0.1, -0.05) is 30.3 Å². The Morgan fingerprint density at radius 2 is 1.96 bits per heavy atom. The van der Waals surface area contributed by atoms with E-state index in [1.165, 1.54) is 12.1 Å². The van der Waals surface area contributed by atoms with Crippen LogP contribution in [0.1, 0.15) is 17.2 Å². The molecule has 126 valence electrons. The zero-order chi connectivity index (χ0) is 17.2. The molecule has 0 saturated carbocycles. The molecule has 5 nitrogen and oxygen atoms in total. The second-order valence-electron chi connectivity index (χ2n) is 5.65. The largest absolute Gasteiger partial charge is 0.338 e. The molecule has 1 aliphatic rings. The van der Waals surface area contributed by atoms with E-state index in [-0.39, 0.29) is 16.5 Å². The predicted molar refractivity (Wildman–Crippen MR) is 87.9 cm³/mol. The molecular weight excluding hydrogens is 331 g/mol. The van der Waals surface area contributed by atoms with Crippen LogP contribution in [-0.4, -0.2) is 26.7 Å². The third kappa shape index (κ3) is 3.56. The van der Waals surface area contributed by atoms with Gasteiger partial charge in [-0.3, -0.25) is 0 Å². The van der Waals surface area contributed by atoms with Crippen LogP contribution in [0.3, 0.4) is 0 Å². The molecule has 2 amide bonds. The summed E-state index contributed by atoms with van der Waals surface area (Å²) in [4.78, 5) is 12.3. The highest BCUT2D eigenvalue weighted by Gasteiger charge is 2.35. The van der Waals surface area contributed by atoms with Crippen LogP contribution in [0.4, 0.5) is 9.18 Å². The Balaban J connectivity index is 1.56. The molecule has 1 aliphatic heterocycles. The van der Waals surface area contributed by atoms with Gasteiger partial charge in [0.25, 0.3) is 0 Å². The Morgan fingerprint density at radius 1 is 1.17 bits per heavy atom. The summed E-state index contributed by atoms with van der Waals surface area (Å²) in [6.07, 6.45) is 0.491. The van der Waals surface area contributed by atoms with Crippen molar-refractivity contribution in [2.24, 2.45) is 0 Å². The molecular formula is C17H17FN2O3S. The normalized spacial score (nSPS) is 18.0. The van der Waals surface area contributed by atoms with Gasteiger partial charge in [-0.2, -0.15) is 0 Å². The summed E-state index contributed by atoms with van der Waals surface area (Å²) in [5, 5.41) is 5.35. The Kier molecular flexibility index (Phi) is 4.53. The number of hydrogen-bond acceptors (Lipinski definition) is 3. The minimum absolute atomic E-state index is 0.135. The van der Waals surface area contributed by atoms with Gasteiger partial charge >= 0.3 is 6.03 Å². The van der Waals surface area contributed by atoms with Crippen LogP contribution >= 0.6 is 0 Å². The first kappa shape index (κ1) is 16.4. The lowest BCUT2D eigenvalue weighted by molar-refractivity contribution is 0.238. The highest BCUT2D eigenvalue weighted by Crippen LogP contribution is 2.32. The summed E-state index contributed by atoms with van der Waals surface area (Å²) in [6, 6.07) is 11.8. The first-order valence-electron chi connectivity index (χ1n) is 7.56. The second kappa shape index (κ2) is 6.60. The molecule has 7 heteroatoms. The highest BCUT2D eigenvalue weighted by molar-refractivity contribution is 7.91. The zero-order valence-electron chi connectivity index (χ0n) is 12.8. The van der Waals surface area contributed by atoms with Crippen LogP contribution in [0.5, 0.6) is 0 Å². The number of benzene rings is 2. The molecule has 0 spiro atoms. The van der Waals surface area contributed by atoms with Crippen molar-refractivity contribution in [1.29, 1.82) is 0 Å². The lowest BCUT2D eigenvalue weighted by atomic mass is 10.1. The Hall–Kier alpha value is -2.41. The molecule has 0 fully saturated rings. The van der Waals surface area contributed by atoms with Crippen molar-refractivity contribution in [3.05, 3.63) is 65.5 Å². The average molecular weight is 348 g/mol. The van der Waals surface area contributed by atoms with Crippen molar-refractivity contribution in [3.8, 4) is 0 Å². The standard InChI is InChI=1S/C17H17FN2O3S/c18-13-5-3-4-12(10-13)8-9-19-17(21)20-15-11-24(22,23)16-7-2-1-6-14(15)16/h1-7,10,15H,8-9,11H2,(H2,19,20,21)/t15-/m0/s1. The van der Waals surface area contributed by atoms with E-state index in [1.807, 2.05) is 0 Å². The quantitative estimate of drug-likeness (QED) is 0.889. The summed E-state index contributed by atoms with van der Waals surface area (Å²) in [7, 11) is -3.35. The van der Waals surface area contributed by atoms with E-state index >= 15 is 0 Å². The lowest BCUT2D eigenvalue weighted by Crippen LogP contribution is -2.39. The maximum atomic E-state index is 13.1. The first-order valence-corrected chi connectivity index (χ1v) is 9.21. The summed E-state index contributed by atoms with van der Waals surface area (Å²) >= 11 is 0. The molecule has 0 bridgehead atoms. The van der Waals surface area contributed by atoms with E-state index in [0.717, 1.165) is 5.56 Å². The van der Waals surface area contributed by atoms with Gasteiger partial charge < -0.3 is 10.6 Å². The number of hydrogen-bond donors (Lipinski definition) is 2. The van der Waals surface area contributed by atoms with Crippen molar-refractivity contribution >= 4 is 15.9 Å². The molecule has 1 heterocycles. The Bertz CT molecular complexity index is 868. The minimum Gasteiger partial charge on any atom is -0.338 e. The van der Waals surface area contributed by atoms with Crippen LogP contribution in [0, 0.1) is 5.82 Å². The molecule has 3 rings (SSSR count). The van der Waals surface area contributed by atoms with Gasteiger partial charge in [-0.15, -0.1) is 0 Å². The van der Waals surface area contributed by atoms with E-state index in [1.54, 1.807) is 36.4 Å². The fraction of sp³-hybridized carbons (Fsp3) is 0.235. The number of fused-ring (bicyclic) bond motifs is 1. The van der Waals surface area contributed by atoms with E-state index in [4.69, 9.17) is 0 Å². The number of sulfone groups is 1. The van der Waals surface area contributed by atoms with E-state index < -0.39 is 21.9 Å². The van der Waals surface area contributed by atoms with E-state index in [2.05, 4.69) is 10.6 Å². The summed E-state index contributed by atoms with van der Waals surface area (Å²) in [6.45, 7) is 0.330. The van der Waals surface area contributed by atoms with Crippen LogP contribution in [0.25, 0.3) is 0 Å². The van der Waals surface area contributed by atoms with Crippen molar-refractivity contribution in [2.45, 2.75) is 17.4 Å². The van der Waals surface area contributed by atoms with Gasteiger partial charge in [0.15, 0.2) is 9.84 Å². The minimum atomic E-state index is -3.35. The number of nitrogens with one attached hydrogen (secondary N) is 2. The monoisotopic (exact) mass is 348 g/mol. The predicted octanol–water partition coefficient (Wildman–Crippen LogP) is 2.20. The molecule has 0 aromatic heterocycles. The van der Waals surface area contributed by atoms with Crippen molar-refractivity contribution in [2.75, 3.05) is 12.3 Å². The molecule has 2 N–H and O–H groups in total. The molecule has 1 atom stereocenters. The number of urea groups is 1. The zero-order valence-corrected chi connectivity index (χ0v) is 13.6. The lowest BCUT2D eigenvalue weighted by Gasteiger charge is -2.13. The maximum absolute atomic E-state index is 13.1. The average Bonchev–Trinajstić information content (AvgIpc) is 2.79. The summed E-state index contributed by atoms with van der Waals surface area (Å²) in [5.74, 6) is -0.450. The number of carbonyl (C=O) groups is 1. The van der Waals surface area contributed by atoms with Crippen LogP contribution in [-0.2, 0) is 16.3 Å². The van der Waals surface area contributed by atoms with Crippen molar-refractivity contribution in [1.82, 2.24) is 10.6 Å². The van der Waals surface area contributed by atoms with Crippen LogP contribution in [0.15, 0.2) is 53.4 Å². The van der Waals surface area contributed by atoms with Gasteiger partial charge in [-0.05, 0) is 35.7 Å². The van der Waals surface area contributed by atoms with Gasteiger partial charge in [0.2, 0.25) is 0 Å². The maximum Gasteiger partial charge on any atom is 0.315 e. The third-order valence-corrected chi connectivity index (χ3v) is 5.72. The van der Waals surface area contributed by atoms with Crippen molar-refractivity contribution in [3.63, 3.8) is 0 Å². The SMILES string of the molecule is O=C(NCCc1cccc(F)c1)N[C@H]1CS(=O)(=O)c2ccccc21. The smallest absolute Gasteiger partial charge is 0.315 e. The number of carbonyl (C=O) groups excluding carboxylic acids is 1. The number of rotatable bonds is 4. The van der Waals surface area contributed by atoms with E-state index in [9.17, 15) is 17.6 Å². The highest BCUT2D eigenvalue weighted by atomic mass is 32.2. The molecule has 2 aromatic carbocycles.